The number of carbonyl (C=O) groups is 1. The molecule has 146 valence electrons. The fourth-order valence-electron chi connectivity index (χ4n) is 2.48. The molecule has 3 aromatic rings. The predicted molar refractivity (Wildman–Crippen MR) is 104 cm³/mol. The Morgan fingerprint density at radius 3 is 2.57 bits per heavy atom. The van der Waals surface area contributed by atoms with E-state index in [1.165, 1.54) is 23.9 Å². The zero-order valence-electron chi connectivity index (χ0n) is 15.3. The summed E-state index contributed by atoms with van der Waals surface area (Å²) < 4.78 is 19.7. The predicted octanol–water partition coefficient (Wildman–Crippen LogP) is 2.32. The Hall–Kier alpha value is -2.94. The molecule has 0 bridgehead atoms. The normalized spacial score (nSPS) is 10.6. The van der Waals surface area contributed by atoms with E-state index in [9.17, 15) is 9.18 Å². The van der Waals surface area contributed by atoms with Gasteiger partial charge in [-0.2, -0.15) is 0 Å². The van der Waals surface area contributed by atoms with E-state index < -0.39 is 0 Å². The number of benzene rings is 2. The molecule has 1 aromatic heterocycles. The second-order valence-corrected chi connectivity index (χ2v) is 6.92. The molecular weight excluding hydrogens is 381 g/mol. The lowest BCUT2D eigenvalue weighted by atomic mass is 10.1. The van der Waals surface area contributed by atoms with E-state index in [0.717, 1.165) is 16.9 Å². The number of amides is 1. The molecule has 9 heteroatoms. The highest BCUT2D eigenvalue weighted by Gasteiger charge is 2.10. The molecule has 0 spiro atoms. The van der Waals surface area contributed by atoms with Crippen molar-refractivity contribution in [2.24, 2.45) is 0 Å². The summed E-state index contributed by atoms with van der Waals surface area (Å²) in [5.41, 5.74) is 2.00. The van der Waals surface area contributed by atoms with E-state index in [0.29, 0.717) is 24.7 Å². The third-order valence-electron chi connectivity index (χ3n) is 3.97. The lowest BCUT2D eigenvalue weighted by Crippen LogP contribution is -2.27. The van der Waals surface area contributed by atoms with Crippen LogP contribution in [0, 0.1) is 5.82 Å². The van der Waals surface area contributed by atoms with Crippen LogP contribution in [0.25, 0.3) is 0 Å². The first-order chi connectivity index (χ1) is 13.6. The number of halogens is 1. The van der Waals surface area contributed by atoms with Gasteiger partial charge < -0.3 is 10.1 Å². The Morgan fingerprint density at radius 2 is 1.86 bits per heavy atom. The number of nitrogens with zero attached hydrogens (tertiary/aromatic N) is 4. The molecule has 0 unspecified atom stereocenters. The van der Waals surface area contributed by atoms with Gasteiger partial charge in [-0.1, -0.05) is 36.0 Å². The largest absolute Gasteiger partial charge is 0.497 e. The molecule has 0 aliphatic carbocycles. The standard InChI is InChI=1S/C19H20FN5O2S/c1-27-17-8-4-15(5-9-17)12-25-19(22-23-24-25)28-13-18(26)21-11-10-14-2-6-16(20)7-3-14/h2-9H,10-13H2,1H3,(H,21,26). The number of rotatable bonds is 9. The first-order valence-corrected chi connectivity index (χ1v) is 9.65. The zero-order chi connectivity index (χ0) is 19.8. The molecule has 0 radical (unpaired) electrons. The van der Waals surface area contributed by atoms with Crippen molar-refractivity contribution >= 4 is 17.7 Å². The molecule has 2 aromatic carbocycles. The van der Waals surface area contributed by atoms with Crippen LogP contribution in [0.2, 0.25) is 0 Å². The molecule has 1 heterocycles. The topological polar surface area (TPSA) is 81.9 Å². The van der Waals surface area contributed by atoms with E-state index in [1.807, 2.05) is 24.3 Å². The fourth-order valence-corrected chi connectivity index (χ4v) is 3.19. The van der Waals surface area contributed by atoms with Crippen LogP contribution >= 0.6 is 11.8 Å². The van der Waals surface area contributed by atoms with Crippen LogP contribution in [0.4, 0.5) is 4.39 Å². The van der Waals surface area contributed by atoms with Crippen molar-refractivity contribution < 1.29 is 13.9 Å². The summed E-state index contributed by atoms with van der Waals surface area (Å²) in [6, 6.07) is 13.9. The highest BCUT2D eigenvalue weighted by Crippen LogP contribution is 2.16. The van der Waals surface area contributed by atoms with Crippen molar-refractivity contribution in [3.05, 3.63) is 65.5 Å². The van der Waals surface area contributed by atoms with Crippen molar-refractivity contribution in [3.8, 4) is 5.75 Å². The number of hydrogen-bond donors (Lipinski definition) is 1. The maximum absolute atomic E-state index is 12.9. The monoisotopic (exact) mass is 401 g/mol. The van der Waals surface area contributed by atoms with Gasteiger partial charge in [0.05, 0.1) is 19.4 Å². The summed E-state index contributed by atoms with van der Waals surface area (Å²) in [5, 5.41) is 15.1. The van der Waals surface area contributed by atoms with E-state index in [4.69, 9.17) is 4.74 Å². The summed E-state index contributed by atoms with van der Waals surface area (Å²) >= 11 is 1.28. The molecule has 0 saturated carbocycles. The zero-order valence-corrected chi connectivity index (χ0v) is 16.2. The molecule has 28 heavy (non-hydrogen) atoms. The summed E-state index contributed by atoms with van der Waals surface area (Å²) in [6.07, 6.45) is 0.645. The maximum Gasteiger partial charge on any atom is 0.230 e. The Bertz CT molecular complexity index is 899. The van der Waals surface area contributed by atoms with E-state index in [-0.39, 0.29) is 17.5 Å². The smallest absolute Gasteiger partial charge is 0.230 e. The molecule has 7 nitrogen and oxygen atoms in total. The van der Waals surface area contributed by atoms with E-state index in [1.54, 1.807) is 23.9 Å². The summed E-state index contributed by atoms with van der Waals surface area (Å²) in [4.78, 5) is 12.0. The van der Waals surface area contributed by atoms with Gasteiger partial charge in [-0.25, -0.2) is 9.07 Å². The Kier molecular flexibility index (Phi) is 6.96. The molecule has 1 N–H and O–H groups in total. The van der Waals surface area contributed by atoms with Crippen molar-refractivity contribution in [1.82, 2.24) is 25.5 Å². The van der Waals surface area contributed by atoms with Crippen LogP contribution in [0.5, 0.6) is 5.75 Å². The minimum Gasteiger partial charge on any atom is -0.497 e. The van der Waals surface area contributed by atoms with Crippen LogP contribution in [-0.4, -0.2) is 45.5 Å². The number of tetrazole rings is 1. The van der Waals surface area contributed by atoms with Crippen molar-refractivity contribution in [2.75, 3.05) is 19.4 Å². The number of hydrogen-bond acceptors (Lipinski definition) is 6. The molecule has 0 fully saturated rings. The molecule has 0 aliphatic rings. The quantitative estimate of drug-likeness (QED) is 0.554. The lowest BCUT2D eigenvalue weighted by molar-refractivity contribution is -0.118. The van der Waals surface area contributed by atoms with Crippen molar-refractivity contribution in [2.45, 2.75) is 18.1 Å². The molecule has 0 saturated heterocycles. The first kappa shape index (κ1) is 19.8. The van der Waals surface area contributed by atoms with Crippen LogP contribution in [-0.2, 0) is 17.8 Å². The van der Waals surface area contributed by atoms with Crippen LogP contribution in [0.15, 0.2) is 53.7 Å². The van der Waals surface area contributed by atoms with Crippen molar-refractivity contribution in [3.63, 3.8) is 0 Å². The van der Waals surface area contributed by atoms with Gasteiger partial charge in [-0.15, -0.1) is 5.10 Å². The second-order valence-electron chi connectivity index (χ2n) is 5.98. The Balaban J connectivity index is 1.44. The number of ether oxygens (including phenoxy) is 1. The van der Waals surface area contributed by atoms with Gasteiger partial charge in [-0.3, -0.25) is 4.79 Å². The van der Waals surface area contributed by atoms with Gasteiger partial charge in [0.2, 0.25) is 11.1 Å². The maximum atomic E-state index is 12.9. The second kappa shape index (κ2) is 9.84. The summed E-state index contributed by atoms with van der Waals surface area (Å²) in [5.74, 6) is 0.627. The fraction of sp³-hybridized carbons (Fsp3) is 0.263. The van der Waals surface area contributed by atoms with Crippen LogP contribution in [0.3, 0.4) is 0 Å². The molecule has 0 aliphatic heterocycles. The third-order valence-corrected chi connectivity index (χ3v) is 4.93. The molecule has 3 rings (SSSR count). The molecule has 0 atom stereocenters. The average Bonchev–Trinajstić information content (AvgIpc) is 3.15. The van der Waals surface area contributed by atoms with Gasteiger partial charge in [0.15, 0.2) is 0 Å². The number of methoxy groups -OCH3 is 1. The number of nitrogens with one attached hydrogen (secondary N) is 1. The number of thioether (sulfide) groups is 1. The van der Waals surface area contributed by atoms with Gasteiger partial charge in [-0.05, 0) is 52.2 Å². The van der Waals surface area contributed by atoms with Crippen LogP contribution < -0.4 is 10.1 Å². The Labute approximate surface area is 166 Å². The third kappa shape index (κ3) is 5.78. The summed E-state index contributed by atoms with van der Waals surface area (Å²) in [6.45, 7) is 0.993. The minimum absolute atomic E-state index is 0.105. The van der Waals surface area contributed by atoms with Gasteiger partial charge in [0.25, 0.3) is 0 Å². The summed E-state index contributed by atoms with van der Waals surface area (Å²) in [7, 11) is 1.62. The minimum atomic E-state index is -0.267. The molecule has 1 amide bonds. The van der Waals surface area contributed by atoms with Crippen molar-refractivity contribution in [1.29, 1.82) is 0 Å². The SMILES string of the molecule is COc1ccc(Cn2nnnc2SCC(=O)NCCc2ccc(F)cc2)cc1. The number of aromatic nitrogens is 4. The van der Waals surface area contributed by atoms with E-state index >= 15 is 0 Å². The van der Waals surface area contributed by atoms with Gasteiger partial charge >= 0.3 is 0 Å². The van der Waals surface area contributed by atoms with Gasteiger partial charge in [0, 0.05) is 6.54 Å². The van der Waals surface area contributed by atoms with Gasteiger partial charge in [0.1, 0.15) is 11.6 Å². The van der Waals surface area contributed by atoms with Crippen LogP contribution in [0.1, 0.15) is 11.1 Å². The average molecular weight is 401 g/mol. The number of carbonyl (C=O) groups excluding carboxylic acids is 1. The highest BCUT2D eigenvalue weighted by molar-refractivity contribution is 7.99. The highest BCUT2D eigenvalue weighted by atomic mass is 32.2. The first-order valence-electron chi connectivity index (χ1n) is 8.67. The van der Waals surface area contributed by atoms with E-state index in [2.05, 4.69) is 20.8 Å². The lowest BCUT2D eigenvalue weighted by Gasteiger charge is -2.07. The Morgan fingerprint density at radius 1 is 1.14 bits per heavy atom. The molecular formula is C19H20FN5O2S.